The molecule has 0 amide bonds. The molecule has 0 unspecified atom stereocenters. The Kier molecular flexibility index (Phi) is 5.98. The molecule has 0 aliphatic carbocycles. The van der Waals surface area contributed by atoms with Gasteiger partial charge in [0.05, 0.1) is 45.5 Å². The van der Waals surface area contributed by atoms with Gasteiger partial charge in [0.25, 0.3) is 5.56 Å². The second kappa shape index (κ2) is 8.84. The topological polar surface area (TPSA) is 59.4 Å². The molecule has 31 heavy (non-hydrogen) atoms. The zero-order valence-electron chi connectivity index (χ0n) is 16.9. The number of aromatic nitrogens is 2. The Morgan fingerprint density at radius 2 is 1.68 bits per heavy atom. The first-order chi connectivity index (χ1) is 15.0. The van der Waals surface area contributed by atoms with Crippen LogP contribution in [0.5, 0.6) is 5.75 Å². The molecule has 0 atom stereocenters. The fraction of sp³-hybridized carbons (Fsp3) is 0.0833. The molecule has 0 aliphatic rings. The molecular weight excluding hydrogens is 433 g/mol. The van der Waals surface area contributed by atoms with E-state index in [0.29, 0.717) is 32.7 Å². The summed E-state index contributed by atoms with van der Waals surface area (Å²) >= 11 is 12.1. The second-order valence-electron chi connectivity index (χ2n) is 6.86. The number of nitrogens with one attached hydrogen (secondary N) is 1. The predicted octanol–water partition coefficient (Wildman–Crippen LogP) is 6.29. The number of aromatic amines is 1. The van der Waals surface area contributed by atoms with Crippen LogP contribution in [0.2, 0.25) is 10.0 Å². The van der Waals surface area contributed by atoms with Gasteiger partial charge in [-0.15, -0.1) is 0 Å². The fourth-order valence-electron chi connectivity index (χ4n) is 3.30. The molecule has 0 saturated carbocycles. The van der Waals surface area contributed by atoms with Crippen molar-refractivity contribution in [1.82, 2.24) is 9.78 Å². The minimum atomic E-state index is -0.196. The Morgan fingerprint density at radius 1 is 0.968 bits per heavy atom. The molecule has 3 aromatic carbocycles. The fourth-order valence-corrected chi connectivity index (χ4v) is 3.59. The average molecular weight is 452 g/mol. The minimum Gasteiger partial charge on any atom is -0.497 e. The summed E-state index contributed by atoms with van der Waals surface area (Å²) in [5.41, 5.74) is 3.68. The number of hydrogen-bond donors (Lipinski definition) is 1. The molecule has 4 aromatic rings. The standard InChI is InChI=1S/C24H19Cl2N3O2/c1-15(27-17-10-13-20(25)21(26)14-17)22-23(16-8-11-19(31-2)12-9-16)28-29(24(22)30)18-6-4-3-5-7-18/h3-14,28H,1-2H3. The molecule has 0 fully saturated rings. The number of aliphatic imine (C=N–C) groups is 1. The van der Waals surface area contributed by atoms with Gasteiger partial charge in [0.2, 0.25) is 0 Å². The van der Waals surface area contributed by atoms with Crippen molar-refractivity contribution < 1.29 is 4.74 Å². The summed E-state index contributed by atoms with van der Waals surface area (Å²) in [5, 5.41) is 4.10. The van der Waals surface area contributed by atoms with Crippen molar-refractivity contribution in [1.29, 1.82) is 0 Å². The van der Waals surface area contributed by atoms with Gasteiger partial charge in [-0.05, 0) is 61.5 Å². The number of para-hydroxylation sites is 1. The highest BCUT2D eigenvalue weighted by Crippen LogP contribution is 2.28. The van der Waals surface area contributed by atoms with Crippen LogP contribution in [0.1, 0.15) is 12.5 Å². The maximum atomic E-state index is 13.4. The van der Waals surface area contributed by atoms with E-state index in [1.807, 2.05) is 54.6 Å². The van der Waals surface area contributed by atoms with Gasteiger partial charge < -0.3 is 4.74 Å². The quantitative estimate of drug-likeness (QED) is 0.362. The first kappa shape index (κ1) is 21.0. The lowest BCUT2D eigenvalue weighted by Crippen LogP contribution is -2.19. The summed E-state index contributed by atoms with van der Waals surface area (Å²) < 4.78 is 6.77. The van der Waals surface area contributed by atoms with Crippen molar-refractivity contribution in [3.8, 4) is 22.7 Å². The van der Waals surface area contributed by atoms with Gasteiger partial charge in [-0.2, -0.15) is 0 Å². The van der Waals surface area contributed by atoms with Crippen LogP contribution in [0.15, 0.2) is 82.6 Å². The molecule has 0 saturated heterocycles. The van der Waals surface area contributed by atoms with Crippen LogP contribution in [0.3, 0.4) is 0 Å². The van der Waals surface area contributed by atoms with E-state index in [0.717, 1.165) is 17.0 Å². The molecular formula is C24H19Cl2N3O2. The summed E-state index contributed by atoms with van der Waals surface area (Å²) in [6.45, 7) is 1.80. The Balaban J connectivity index is 1.90. The van der Waals surface area contributed by atoms with Crippen molar-refractivity contribution >= 4 is 34.6 Å². The number of halogens is 2. The van der Waals surface area contributed by atoms with E-state index in [4.69, 9.17) is 27.9 Å². The van der Waals surface area contributed by atoms with E-state index < -0.39 is 0 Å². The van der Waals surface area contributed by atoms with Gasteiger partial charge in [-0.25, -0.2) is 4.68 Å². The van der Waals surface area contributed by atoms with Crippen LogP contribution in [0.25, 0.3) is 16.9 Å². The van der Waals surface area contributed by atoms with Crippen LogP contribution in [0.4, 0.5) is 5.69 Å². The Hall–Kier alpha value is -3.28. The van der Waals surface area contributed by atoms with E-state index in [2.05, 4.69) is 10.1 Å². The predicted molar refractivity (Wildman–Crippen MR) is 127 cm³/mol. The smallest absolute Gasteiger partial charge is 0.280 e. The van der Waals surface area contributed by atoms with Crippen LogP contribution >= 0.6 is 23.2 Å². The SMILES string of the molecule is COc1ccc(-c2[nH]n(-c3ccccc3)c(=O)c2C(C)=Nc2ccc(Cl)c(Cl)c2)cc1. The van der Waals surface area contributed by atoms with E-state index in [9.17, 15) is 4.79 Å². The minimum absolute atomic E-state index is 0.196. The van der Waals surface area contributed by atoms with Crippen LogP contribution in [-0.4, -0.2) is 22.6 Å². The summed E-state index contributed by atoms with van der Waals surface area (Å²) in [4.78, 5) is 18.1. The van der Waals surface area contributed by atoms with Gasteiger partial charge >= 0.3 is 0 Å². The molecule has 1 aromatic heterocycles. The van der Waals surface area contributed by atoms with Crippen molar-refractivity contribution in [2.24, 2.45) is 4.99 Å². The lowest BCUT2D eigenvalue weighted by molar-refractivity contribution is 0.415. The van der Waals surface area contributed by atoms with Gasteiger partial charge in [0, 0.05) is 5.56 Å². The summed E-state index contributed by atoms with van der Waals surface area (Å²) in [6, 6.07) is 22.0. The lowest BCUT2D eigenvalue weighted by Gasteiger charge is -2.05. The second-order valence-corrected chi connectivity index (χ2v) is 7.68. The number of benzene rings is 3. The summed E-state index contributed by atoms with van der Waals surface area (Å²) in [6.07, 6.45) is 0. The molecule has 0 spiro atoms. The Morgan fingerprint density at radius 3 is 2.32 bits per heavy atom. The maximum Gasteiger partial charge on any atom is 0.280 e. The Bertz CT molecular complexity index is 1310. The number of methoxy groups -OCH3 is 1. The largest absolute Gasteiger partial charge is 0.497 e. The third-order valence-electron chi connectivity index (χ3n) is 4.85. The molecule has 4 rings (SSSR count). The van der Waals surface area contributed by atoms with Crippen molar-refractivity contribution in [3.63, 3.8) is 0 Å². The third-order valence-corrected chi connectivity index (χ3v) is 5.58. The maximum absolute atomic E-state index is 13.4. The first-order valence-electron chi connectivity index (χ1n) is 9.53. The van der Waals surface area contributed by atoms with E-state index in [-0.39, 0.29) is 5.56 Å². The monoisotopic (exact) mass is 451 g/mol. The molecule has 0 bridgehead atoms. The van der Waals surface area contributed by atoms with Crippen molar-refractivity contribution in [3.05, 3.63) is 98.8 Å². The molecule has 156 valence electrons. The number of ether oxygens (including phenoxy) is 1. The van der Waals surface area contributed by atoms with Gasteiger partial charge in [0.15, 0.2) is 0 Å². The number of nitrogens with zero attached hydrogens (tertiary/aromatic N) is 2. The van der Waals surface area contributed by atoms with Crippen molar-refractivity contribution in [2.45, 2.75) is 6.92 Å². The number of hydrogen-bond acceptors (Lipinski definition) is 3. The average Bonchev–Trinajstić information content (AvgIpc) is 3.14. The first-order valence-corrected chi connectivity index (χ1v) is 10.3. The lowest BCUT2D eigenvalue weighted by atomic mass is 10.0. The van der Waals surface area contributed by atoms with E-state index >= 15 is 0 Å². The Labute approximate surface area is 189 Å². The summed E-state index contributed by atoms with van der Waals surface area (Å²) in [5.74, 6) is 0.733. The van der Waals surface area contributed by atoms with E-state index in [1.165, 1.54) is 4.68 Å². The van der Waals surface area contributed by atoms with Crippen LogP contribution < -0.4 is 10.3 Å². The number of H-pyrrole nitrogens is 1. The highest BCUT2D eigenvalue weighted by Gasteiger charge is 2.19. The third kappa shape index (κ3) is 4.29. The molecule has 1 heterocycles. The van der Waals surface area contributed by atoms with Crippen LogP contribution in [-0.2, 0) is 0 Å². The molecule has 0 radical (unpaired) electrons. The number of rotatable bonds is 5. The van der Waals surface area contributed by atoms with Crippen LogP contribution in [0, 0.1) is 0 Å². The molecule has 5 nitrogen and oxygen atoms in total. The molecule has 0 aliphatic heterocycles. The highest BCUT2D eigenvalue weighted by atomic mass is 35.5. The molecule has 7 heteroatoms. The molecule has 1 N–H and O–H groups in total. The van der Waals surface area contributed by atoms with Gasteiger partial charge in [0.1, 0.15) is 5.75 Å². The zero-order valence-corrected chi connectivity index (χ0v) is 18.4. The van der Waals surface area contributed by atoms with Gasteiger partial charge in [-0.3, -0.25) is 14.9 Å². The highest BCUT2D eigenvalue weighted by molar-refractivity contribution is 6.42. The van der Waals surface area contributed by atoms with Gasteiger partial charge in [-0.1, -0.05) is 41.4 Å². The zero-order chi connectivity index (χ0) is 22.0. The van der Waals surface area contributed by atoms with E-state index in [1.54, 1.807) is 32.2 Å². The normalized spacial score (nSPS) is 11.5. The van der Waals surface area contributed by atoms with Crippen molar-refractivity contribution in [2.75, 3.05) is 7.11 Å². The summed E-state index contributed by atoms with van der Waals surface area (Å²) in [7, 11) is 1.61.